The minimum absolute atomic E-state index is 0.0638. The minimum atomic E-state index is -3.58. The van der Waals surface area contributed by atoms with Crippen molar-refractivity contribution in [3.63, 3.8) is 0 Å². The normalized spacial score (nSPS) is 12.3. The number of anilines is 1. The molecule has 0 aliphatic heterocycles. The number of carbonyl (C=O) groups excluding carboxylic acids is 1. The summed E-state index contributed by atoms with van der Waals surface area (Å²) in [7, 11) is -3.58. The second kappa shape index (κ2) is 9.53. The Hall–Kier alpha value is -3.19. The summed E-state index contributed by atoms with van der Waals surface area (Å²) < 4.78 is 39.1. The number of nitrogens with zero attached hydrogens (tertiary/aromatic N) is 1. The van der Waals surface area contributed by atoms with Crippen molar-refractivity contribution in [2.45, 2.75) is 33.4 Å². The first-order chi connectivity index (χ1) is 15.0. The summed E-state index contributed by atoms with van der Waals surface area (Å²) in [6.45, 7) is 6.01. The van der Waals surface area contributed by atoms with Gasteiger partial charge in [-0.1, -0.05) is 35.9 Å². The van der Waals surface area contributed by atoms with Gasteiger partial charge in [0.25, 0.3) is 5.91 Å². The van der Waals surface area contributed by atoms with E-state index < -0.39 is 10.0 Å². The number of amides is 1. The predicted molar refractivity (Wildman–Crippen MR) is 126 cm³/mol. The van der Waals surface area contributed by atoms with Crippen molar-refractivity contribution in [2.75, 3.05) is 10.6 Å². The number of hydrogen-bond donors (Lipinski definition) is 1. The summed E-state index contributed by atoms with van der Waals surface area (Å²) in [6.07, 6.45) is 1.11. The number of halogens is 1. The molecule has 3 aromatic carbocycles. The number of carbonyl (C=O) groups is 1. The van der Waals surface area contributed by atoms with Crippen molar-refractivity contribution in [3.8, 4) is 0 Å². The molecule has 1 unspecified atom stereocenters. The van der Waals surface area contributed by atoms with E-state index in [1.807, 2.05) is 32.9 Å². The zero-order chi connectivity index (χ0) is 23.5. The molecule has 0 aromatic heterocycles. The molecular formula is C25H27FN2O3S. The molecule has 0 aliphatic carbocycles. The van der Waals surface area contributed by atoms with Gasteiger partial charge in [0.1, 0.15) is 5.82 Å². The molecule has 5 nitrogen and oxygen atoms in total. The Morgan fingerprint density at radius 3 is 2.22 bits per heavy atom. The minimum Gasteiger partial charge on any atom is -0.346 e. The number of hydrogen-bond acceptors (Lipinski definition) is 3. The van der Waals surface area contributed by atoms with E-state index in [0.29, 0.717) is 16.8 Å². The van der Waals surface area contributed by atoms with Gasteiger partial charge in [-0.05, 0) is 73.9 Å². The number of rotatable bonds is 7. The highest BCUT2D eigenvalue weighted by Gasteiger charge is 2.19. The van der Waals surface area contributed by atoms with Crippen LogP contribution in [0, 0.1) is 19.7 Å². The van der Waals surface area contributed by atoms with Crippen LogP contribution in [0.1, 0.15) is 45.6 Å². The van der Waals surface area contributed by atoms with Crippen molar-refractivity contribution >= 4 is 21.6 Å². The molecule has 0 heterocycles. The van der Waals surface area contributed by atoms with Crippen molar-refractivity contribution in [2.24, 2.45) is 0 Å². The van der Waals surface area contributed by atoms with Crippen molar-refractivity contribution in [3.05, 3.63) is 100 Å². The number of aryl methyl sites for hydroxylation is 2. The topological polar surface area (TPSA) is 66.5 Å². The van der Waals surface area contributed by atoms with E-state index in [0.717, 1.165) is 22.9 Å². The third-order valence-electron chi connectivity index (χ3n) is 5.31. The molecular weight excluding hydrogens is 427 g/mol. The molecule has 0 bridgehead atoms. The van der Waals surface area contributed by atoms with Crippen LogP contribution in [0.2, 0.25) is 0 Å². The maximum absolute atomic E-state index is 13.2. The molecule has 0 saturated heterocycles. The highest BCUT2D eigenvalue weighted by atomic mass is 32.2. The van der Waals surface area contributed by atoms with Crippen LogP contribution in [0.4, 0.5) is 10.1 Å². The SMILES string of the molecule is Cc1ccc(C)c(C(C)NC(=O)c2ccc(N(Cc3ccc(F)cc3)S(C)(=O)=O)cc2)c1. The molecule has 0 radical (unpaired) electrons. The average Bonchev–Trinajstić information content (AvgIpc) is 2.74. The Morgan fingerprint density at radius 2 is 1.62 bits per heavy atom. The first kappa shape index (κ1) is 23.5. The molecule has 1 atom stereocenters. The lowest BCUT2D eigenvalue weighted by molar-refractivity contribution is 0.0940. The number of nitrogens with one attached hydrogen (secondary N) is 1. The third kappa shape index (κ3) is 5.73. The summed E-state index contributed by atoms with van der Waals surface area (Å²) in [6, 6.07) is 18.0. The Bertz CT molecular complexity index is 1210. The van der Waals surface area contributed by atoms with Crippen LogP contribution in [0.5, 0.6) is 0 Å². The Morgan fingerprint density at radius 1 is 1.00 bits per heavy atom. The van der Waals surface area contributed by atoms with Crippen LogP contribution < -0.4 is 9.62 Å². The quantitative estimate of drug-likeness (QED) is 0.552. The predicted octanol–water partition coefficient (Wildman–Crippen LogP) is 4.90. The van der Waals surface area contributed by atoms with E-state index in [1.165, 1.54) is 16.4 Å². The first-order valence-electron chi connectivity index (χ1n) is 10.2. The van der Waals surface area contributed by atoms with Gasteiger partial charge < -0.3 is 5.32 Å². The van der Waals surface area contributed by atoms with Gasteiger partial charge >= 0.3 is 0 Å². The number of sulfonamides is 1. The Kier molecular flexibility index (Phi) is 6.99. The van der Waals surface area contributed by atoms with E-state index in [4.69, 9.17) is 0 Å². The molecule has 3 aromatic rings. The van der Waals surface area contributed by atoms with Gasteiger partial charge in [-0.2, -0.15) is 0 Å². The monoisotopic (exact) mass is 454 g/mol. The summed E-state index contributed by atoms with van der Waals surface area (Å²) in [4.78, 5) is 12.7. The zero-order valence-electron chi connectivity index (χ0n) is 18.6. The summed E-state index contributed by atoms with van der Waals surface area (Å²) in [5, 5.41) is 3.00. The highest BCUT2D eigenvalue weighted by Crippen LogP contribution is 2.23. The Balaban J connectivity index is 1.77. The van der Waals surface area contributed by atoms with Gasteiger partial charge in [-0.3, -0.25) is 9.10 Å². The van der Waals surface area contributed by atoms with Gasteiger partial charge in [0.2, 0.25) is 10.0 Å². The van der Waals surface area contributed by atoms with Crippen molar-refractivity contribution in [1.82, 2.24) is 5.32 Å². The number of benzene rings is 3. The van der Waals surface area contributed by atoms with E-state index >= 15 is 0 Å². The molecule has 7 heteroatoms. The molecule has 168 valence electrons. The van der Waals surface area contributed by atoms with E-state index in [9.17, 15) is 17.6 Å². The van der Waals surface area contributed by atoms with Crippen LogP contribution in [0.15, 0.2) is 66.7 Å². The van der Waals surface area contributed by atoms with E-state index in [1.54, 1.807) is 36.4 Å². The standard InChI is InChI=1S/C25H27FN2O3S/c1-17-5-6-18(2)24(15-17)19(3)27-25(29)21-9-13-23(14-10-21)28(32(4,30)31)16-20-7-11-22(26)12-8-20/h5-15,19H,16H2,1-4H3,(H,27,29). The summed E-state index contributed by atoms with van der Waals surface area (Å²) in [5.41, 5.74) is 4.79. The molecule has 3 rings (SSSR count). The maximum Gasteiger partial charge on any atom is 0.251 e. The third-order valence-corrected chi connectivity index (χ3v) is 6.45. The van der Waals surface area contributed by atoms with E-state index in [2.05, 4.69) is 11.4 Å². The fourth-order valence-electron chi connectivity index (χ4n) is 3.52. The van der Waals surface area contributed by atoms with Gasteiger partial charge in [-0.15, -0.1) is 0 Å². The van der Waals surface area contributed by atoms with Crippen molar-refractivity contribution < 1.29 is 17.6 Å². The van der Waals surface area contributed by atoms with Gasteiger partial charge in [0.15, 0.2) is 0 Å². The van der Waals surface area contributed by atoms with Crippen LogP contribution in [-0.2, 0) is 16.6 Å². The first-order valence-corrected chi connectivity index (χ1v) is 12.1. The second-order valence-electron chi connectivity index (χ2n) is 8.00. The fraction of sp³-hybridized carbons (Fsp3) is 0.240. The Labute approximate surface area is 188 Å². The van der Waals surface area contributed by atoms with Crippen LogP contribution in [-0.4, -0.2) is 20.6 Å². The lowest BCUT2D eigenvalue weighted by atomic mass is 9.99. The molecule has 0 aliphatic rings. The van der Waals surface area contributed by atoms with Crippen molar-refractivity contribution in [1.29, 1.82) is 0 Å². The lowest BCUT2D eigenvalue weighted by Crippen LogP contribution is -2.30. The molecule has 0 fully saturated rings. The fourth-order valence-corrected chi connectivity index (χ4v) is 4.41. The molecule has 32 heavy (non-hydrogen) atoms. The van der Waals surface area contributed by atoms with Crippen LogP contribution >= 0.6 is 0 Å². The maximum atomic E-state index is 13.2. The van der Waals surface area contributed by atoms with Gasteiger partial charge in [0.05, 0.1) is 24.5 Å². The largest absolute Gasteiger partial charge is 0.346 e. The smallest absolute Gasteiger partial charge is 0.251 e. The van der Waals surface area contributed by atoms with Gasteiger partial charge in [-0.25, -0.2) is 12.8 Å². The highest BCUT2D eigenvalue weighted by molar-refractivity contribution is 7.92. The zero-order valence-corrected chi connectivity index (χ0v) is 19.4. The molecule has 0 saturated carbocycles. The molecule has 1 amide bonds. The van der Waals surface area contributed by atoms with Crippen LogP contribution in [0.25, 0.3) is 0 Å². The van der Waals surface area contributed by atoms with E-state index in [-0.39, 0.29) is 24.3 Å². The average molecular weight is 455 g/mol. The van der Waals surface area contributed by atoms with Gasteiger partial charge in [0, 0.05) is 5.56 Å². The summed E-state index contributed by atoms with van der Waals surface area (Å²) in [5.74, 6) is -0.625. The lowest BCUT2D eigenvalue weighted by Gasteiger charge is -2.23. The molecule has 1 N–H and O–H groups in total. The molecule has 0 spiro atoms. The van der Waals surface area contributed by atoms with Crippen LogP contribution in [0.3, 0.4) is 0 Å². The summed E-state index contributed by atoms with van der Waals surface area (Å²) >= 11 is 0. The second-order valence-corrected chi connectivity index (χ2v) is 9.90.